The first-order valence-corrected chi connectivity index (χ1v) is 56.5. The predicted molar refractivity (Wildman–Crippen MR) is 562 cm³/mol. The van der Waals surface area contributed by atoms with Crippen molar-refractivity contribution in [3.05, 3.63) is 188 Å². The van der Waals surface area contributed by atoms with Gasteiger partial charge < -0.3 is 68.0 Å². The van der Waals surface area contributed by atoms with Crippen molar-refractivity contribution in [2.75, 3.05) is 64.7 Å². The minimum absolute atomic E-state index is 0.0299. The van der Waals surface area contributed by atoms with Crippen LogP contribution in [0.25, 0.3) is 0 Å². The third-order valence-corrected chi connectivity index (χ3v) is 38.8. The number of thioether (sulfide) groups is 1. The maximum absolute atomic E-state index is 13.8. The van der Waals surface area contributed by atoms with Gasteiger partial charge >= 0.3 is 6.03 Å². The molecule has 6 aliphatic heterocycles. The number of aliphatic hydroxyl groups is 2. The number of hydrogen-bond donors (Lipinski definition) is 11. The Balaban J connectivity index is 0.000000207. The van der Waals surface area contributed by atoms with Gasteiger partial charge in [0, 0.05) is 148 Å². The zero-order chi connectivity index (χ0) is 100. The van der Waals surface area contributed by atoms with Gasteiger partial charge in [-0.2, -0.15) is 11.8 Å². The van der Waals surface area contributed by atoms with E-state index < -0.39 is 12.1 Å². The van der Waals surface area contributed by atoms with Crippen LogP contribution in [0, 0.1) is 70.0 Å². The fourth-order valence-corrected chi connectivity index (χ4v) is 31.0. The molecule has 0 aromatic heterocycles. The molecule has 25 atom stereocenters. The van der Waals surface area contributed by atoms with Gasteiger partial charge in [0.1, 0.15) is 6.04 Å². The molecule has 10 fully saturated rings. The molecule has 18 rings (SSSR count). The van der Waals surface area contributed by atoms with Crippen molar-refractivity contribution in [3.8, 4) is 0 Å². The molecule has 25 heteroatoms. The van der Waals surface area contributed by atoms with Crippen LogP contribution in [0.5, 0.6) is 0 Å². The minimum Gasteiger partial charge on any atom is -0.393 e. The SMILES string of the molecule is CC1=C2C[C@H]3[C@@H](CC=C4C[C@@H](O)CC[C@@]43C)[C@@H]2CCC12O[C@@H]1C[C@H](C)CN(CCNC(=O)CCCCCNC(=O)[C@@H](N)Cc3ccc(C(=O)c4ccccc4)cc3)[C@H]1[C@H]2C.CC1=C2C[C@H]3[C@@H](CC=C4C[C@@H](O)CC[C@@]43C)[C@@H]2CCC12O[C@@H]1C[C@H](C)CN(CCNC(=O)CCCCCNC(=O)[C@H](Cc3ccc(C(=O)c4ccccc4)cc3)NC(=O)CCCCCNC(=O)CCCCC3SC[C@@H]4NC(=O)N[C@H]34)[C@H]1[C@H]2C. The molecule has 4 saturated carbocycles. The first-order valence-electron chi connectivity index (χ1n) is 55.4. The first kappa shape index (κ1) is 106. The fraction of sp³-hybridized carbons (Fsp3) is 0.653. The molecule has 8 amide bonds. The second-order valence-electron chi connectivity index (χ2n) is 46.3. The summed E-state index contributed by atoms with van der Waals surface area (Å²) in [7, 11) is 0. The van der Waals surface area contributed by atoms with E-state index in [1.54, 1.807) is 65.3 Å². The molecule has 4 aromatic carbocycles. The number of nitrogens with two attached hydrogens (primary N) is 1. The predicted octanol–water partition coefficient (Wildman–Crippen LogP) is 16.2. The number of benzene rings is 4. The van der Waals surface area contributed by atoms with Crippen LogP contribution in [0.1, 0.15) is 304 Å². The highest BCUT2D eigenvalue weighted by Crippen LogP contribution is 2.68. The summed E-state index contributed by atoms with van der Waals surface area (Å²) in [6.07, 6.45) is 34.0. The number of rotatable bonds is 40. The number of piperidine rings is 2. The Bertz CT molecular complexity index is 5280. The van der Waals surface area contributed by atoms with Crippen LogP contribution < -0.4 is 48.3 Å². The van der Waals surface area contributed by atoms with Gasteiger partial charge in [0.2, 0.25) is 35.4 Å². The second-order valence-corrected chi connectivity index (χ2v) is 47.5. The summed E-state index contributed by atoms with van der Waals surface area (Å²) in [4.78, 5) is 121. The molecule has 24 nitrogen and oxygen atoms in total. The lowest BCUT2D eigenvalue weighted by Crippen LogP contribution is -2.54. The number of likely N-dealkylation sites (tertiary alicyclic amines) is 2. The minimum atomic E-state index is -0.816. The summed E-state index contributed by atoms with van der Waals surface area (Å²) in [5.74, 6) is 6.19. The van der Waals surface area contributed by atoms with Gasteiger partial charge in [-0.25, -0.2) is 4.79 Å². The Morgan fingerprint density at radius 3 is 1.39 bits per heavy atom. The molecule has 6 saturated heterocycles. The third-order valence-electron chi connectivity index (χ3n) is 37.3. The van der Waals surface area contributed by atoms with Gasteiger partial charge in [0.05, 0.1) is 53.7 Å². The Labute approximate surface area is 854 Å². The number of unbranched alkanes of at least 4 members (excludes halogenated alkanes) is 7. The average Bonchev–Trinajstić information content (AvgIpc) is 1.55. The summed E-state index contributed by atoms with van der Waals surface area (Å²) >= 11 is 1.89. The van der Waals surface area contributed by atoms with E-state index in [1.165, 1.54) is 48.8 Å². The molecule has 8 aliphatic carbocycles. The first-order chi connectivity index (χ1) is 69.0. The maximum Gasteiger partial charge on any atom is 0.315 e. The van der Waals surface area contributed by atoms with Crippen molar-refractivity contribution in [3.63, 3.8) is 0 Å². The molecule has 14 aliphatic rings. The van der Waals surface area contributed by atoms with Gasteiger partial charge in [-0.05, 0) is 255 Å². The quantitative estimate of drug-likeness (QED) is 0.00853. The number of fused-ring (bicyclic) bond motifs is 13. The second kappa shape index (κ2) is 47.2. The highest BCUT2D eigenvalue weighted by atomic mass is 32.2. The lowest BCUT2D eigenvalue weighted by atomic mass is 9.56. The van der Waals surface area contributed by atoms with E-state index in [4.69, 9.17) is 15.2 Å². The number of nitrogens with one attached hydrogen (secondary N) is 8. The van der Waals surface area contributed by atoms with E-state index in [9.17, 15) is 53.4 Å². The van der Waals surface area contributed by atoms with Gasteiger partial charge in [0.15, 0.2) is 11.6 Å². The number of nitrogens with zero attached hydrogens (tertiary/aromatic N) is 2. The van der Waals surface area contributed by atoms with Crippen molar-refractivity contribution < 1.29 is 62.8 Å². The fourth-order valence-electron chi connectivity index (χ4n) is 29.5. The smallest absolute Gasteiger partial charge is 0.315 e. The molecular formula is C118H165N11O13S. The molecule has 3 unspecified atom stereocenters. The topological polar surface area (TPSA) is 341 Å². The number of allylic oxidation sites excluding steroid dienone is 4. The summed E-state index contributed by atoms with van der Waals surface area (Å²) in [5.41, 5.74) is 19.8. The Hall–Kier alpha value is -8.66. The van der Waals surface area contributed by atoms with Crippen LogP contribution in [-0.2, 0) is 51.1 Å². The van der Waals surface area contributed by atoms with E-state index in [0.29, 0.717) is 171 Å². The molecule has 776 valence electrons. The summed E-state index contributed by atoms with van der Waals surface area (Å²) in [6.45, 7) is 25.8. The van der Waals surface area contributed by atoms with Crippen molar-refractivity contribution in [2.24, 2.45) is 75.7 Å². The van der Waals surface area contributed by atoms with Crippen LogP contribution in [0.4, 0.5) is 4.79 Å². The molecule has 143 heavy (non-hydrogen) atoms. The number of amides is 8. The van der Waals surface area contributed by atoms with Crippen LogP contribution in [0.2, 0.25) is 0 Å². The number of hydrogen-bond acceptors (Lipinski definition) is 17. The Kier molecular flexibility index (Phi) is 34.9. The molecule has 6 heterocycles. The highest BCUT2D eigenvalue weighted by Gasteiger charge is 2.65. The largest absolute Gasteiger partial charge is 0.393 e. The van der Waals surface area contributed by atoms with E-state index in [2.05, 4.69) is 120 Å². The number of carbonyl (C=O) groups excluding carboxylic acids is 9. The van der Waals surface area contributed by atoms with E-state index in [0.717, 1.165) is 177 Å². The number of urea groups is 1. The van der Waals surface area contributed by atoms with Crippen molar-refractivity contribution in [1.82, 2.24) is 52.3 Å². The summed E-state index contributed by atoms with van der Waals surface area (Å²) in [5, 5.41) is 45.9. The molecule has 2 spiro atoms. The van der Waals surface area contributed by atoms with Crippen molar-refractivity contribution >= 4 is 64.8 Å². The molecule has 12 N–H and O–H groups in total. The highest BCUT2D eigenvalue weighted by molar-refractivity contribution is 8.00. The molecular weight excluding hydrogens is 1810 g/mol. The number of carbonyl (C=O) groups is 9. The van der Waals surface area contributed by atoms with Gasteiger partial charge in [-0.1, -0.05) is 211 Å². The zero-order valence-electron chi connectivity index (χ0n) is 86.5. The standard InChI is InChI=1S/C67H95N7O8S.C51H70N4O5/c1-42-36-56-62(44(3)67(82-56)31-29-50-51-27-26-48-38-49(75)28-30-66(48,4)53(51)39-52(50)43(67)2)74(40-42)35-34-69-59(77)19-10-6-15-33-70-64(80)54(37-45-22-24-47(25-23-45)63(79)46-16-8-5-9-17-46)71-60(78)21-11-7-14-32-68-58(76)20-13-12-18-57-61-55(41-83-57)72-65(81)73-61;1-32-27-45-47(34(3)51(60-45)23-21-40-41-19-18-38-29-39(56)20-22-50(38,4)43(41)30-42(40)33(51)2)55(31-32)26-25-53-46(57)13-9-6-10-24-54-49(59)44(52)28-35-14-16-37(17-15-35)48(58)36-11-7-5-8-12-36/h5,8-9,16-17,22-26,42,44,49-51,53-57,61-62,75H,6-7,10-15,18-21,27-41H2,1-4H3,(H,68,76)(H,69,77)(H,70,80)(H,71,78)(H2,72,73,81);5,7-8,11-12,14-18,32,34,39-41,43-45,47,56H,6,9-10,13,19-31,52H2,1-4H3,(H,53,57)(H,54,59)/t42-,44+,49-,50-,51-,53-,54-,55-,56+,57?,61-,62-,66-,67?;32-,34+,39-,40-,41-,43-,44-,45+,47-,50-,51?/m00/s1. The summed E-state index contributed by atoms with van der Waals surface area (Å²) in [6, 6.07) is 32.3. The summed E-state index contributed by atoms with van der Waals surface area (Å²) < 4.78 is 14.7. The van der Waals surface area contributed by atoms with E-state index >= 15 is 0 Å². The number of aliphatic hydroxyl groups excluding tert-OH is 2. The van der Waals surface area contributed by atoms with Crippen LogP contribution in [0.15, 0.2) is 155 Å². The van der Waals surface area contributed by atoms with Gasteiger partial charge in [-0.3, -0.25) is 48.2 Å². The molecule has 0 bridgehead atoms. The Morgan fingerprint density at radius 1 is 0.490 bits per heavy atom. The lowest BCUT2D eigenvalue weighted by molar-refractivity contribution is -0.129. The normalized spacial score (nSPS) is 32.7. The zero-order valence-corrected chi connectivity index (χ0v) is 87.4. The van der Waals surface area contributed by atoms with E-state index in [1.807, 2.05) is 72.4 Å². The van der Waals surface area contributed by atoms with Crippen LogP contribution >= 0.6 is 11.8 Å². The lowest BCUT2D eigenvalue weighted by Gasteiger charge is -2.49. The molecule has 0 radical (unpaired) electrons. The monoisotopic (exact) mass is 1980 g/mol. The van der Waals surface area contributed by atoms with E-state index in [-0.39, 0.29) is 124 Å². The maximum atomic E-state index is 13.8. The van der Waals surface area contributed by atoms with Crippen LogP contribution in [-0.4, -0.2) is 215 Å². The van der Waals surface area contributed by atoms with Crippen molar-refractivity contribution in [1.29, 1.82) is 0 Å². The van der Waals surface area contributed by atoms with Crippen molar-refractivity contribution in [2.45, 2.75) is 351 Å². The average molecular weight is 1980 g/mol. The Morgan fingerprint density at radius 2 is 0.916 bits per heavy atom. The number of ether oxygens (including phenoxy) is 2. The third kappa shape index (κ3) is 23.9. The van der Waals surface area contributed by atoms with Gasteiger partial charge in [-0.15, -0.1) is 0 Å². The molecule has 4 aromatic rings. The van der Waals surface area contributed by atoms with Gasteiger partial charge in [0.25, 0.3) is 0 Å². The van der Waals surface area contributed by atoms with Crippen LogP contribution in [0.3, 0.4) is 0 Å². The number of ketones is 2.